The van der Waals surface area contributed by atoms with Crippen LogP contribution < -0.4 is 21.2 Å². The first-order valence-electron chi connectivity index (χ1n) is 8.62. The van der Waals surface area contributed by atoms with E-state index in [0.717, 1.165) is 18.4 Å². The first-order valence-corrected chi connectivity index (χ1v) is 8.62. The molecule has 0 spiro atoms. The lowest BCUT2D eigenvalue weighted by Gasteiger charge is -2.18. The molecule has 0 saturated heterocycles. The van der Waals surface area contributed by atoms with Gasteiger partial charge in [-0.2, -0.15) is 4.57 Å². The van der Waals surface area contributed by atoms with Gasteiger partial charge in [-0.1, -0.05) is 32.2 Å². The number of carbonyl (C=O) groups is 1. The summed E-state index contributed by atoms with van der Waals surface area (Å²) in [6, 6.07) is 0.0861. The number of aromatic amines is 1. The molecule has 1 saturated carbocycles. The van der Waals surface area contributed by atoms with Crippen LogP contribution in [0.25, 0.3) is 5.65 Å². The molecule has 0 bridgehead atoms. The summed E-state index contributed by atoms with van der Waals surface area (Å²) in [5.74, 6) is -0.499. The fourth-order valence-electron chi connectivity index (χ4n) is 3.03. The largest absolute Gasteiger partial charge is 0.477 e. The molecule has 1 aliphatic rings. The van der Waals surface area contributed by atoms with Crippen molar-refractivity contribution >= 4 is 17.4 Å². The van der Waals surface area contributed by atoms with Crippen LogP contribution in [0.1, 0.15) is 56.5 Å². The highest BCUT2D eigenvalue weighted by atomic mass is 16.3. The molecule has 5 N–H and O–H groups in total. The van der Waals surface area contributed by atoms with Gasteiger partial charge in [0.15, 0.2) is 0 Å². The van der Waals surface area contributed by atoms with Crippen LogP contribution in [0.2, 0.25) is 0 Å². The number of hydrogen-bond donors (Lipinski definition) is 4. The molecule has 8 nitrogen and oxygen atoms in total. The van der Waals surface area contributed by atoms with Crippen molar-refractivity contribution in [3.8, 4) is 5.88 Å². The van der Waals surface area contributed by atoms with E-state index < -0.39 is 11.5 Å². The third kappa shape index (κ3) is 3.08. The summed E-state index contributed by atoms with van der Waals surface area (Å²) in [5, 5.41) is 16.4. The maximum Gasteiger partial charge on any atom is 0.378 e. The van der Waals surface area contributed by atoms with E-state index >= 15 is 0 Å². The molecule has 0 unspecified atom stereocenters. The van der Waals surface area contributed by atoms with E-state index in [2.05, 4.69) is 10.4 Å². The molecule has 0 aromatic carbocycles. The van der Waals surface area contributed by atoms with Crippen molar-refractivity contribution in [2.24, 2.45) is 5.41 Å². The van der Waals surface area contributed by atoms with Crippen LogP contribution in [0.4, 0.5) is 5.82 Å². The Bertz CT molecular complexity index is 900. The molecule has 3 rings (SSSR count). The number of nitrogens with one attached hydrogen (secondary N) is 2. The second kappa shape index (κ2) is 5.79. The zero-order valence-corrected chi connectivity index (χ0v) is 15.1. The minimum absolute atomic E-state index is 0.0861. The molecule has 25 heavy (non-hydrogen) atoms. The van der Waals surface area contributed by atoms with Gasteiger partial charge in [0.05, 0.1) is 12.1 Å². The highest BCUT2D eigenvalue weighted by Crippen LogP contribution is 2.23. The number of H-pyrrole nitrogens is 1. The second-order valence-corrected chi connectivity index (χ2v) is 7.91. The van der Waals surface area contributed by atoms with Gasteiger partial charge in [0, 0.05) is 6.04 Å². The van der Waals surface area contributed by atoms with Crippen molar-refractivity contribution < 1.29 is 14.5 Å². The number of aromatic nitrogens is 3. The number of hydrogen-bond acceptors (Lipinski definition) is 4. The lowest BCUT2D eigenvalue weighted by atomic mass is 9.96. The van der Waals surface area contributed by atoms with E-state index in [-0.39, 0.29) is 22.9 Å². The van der Waals surface area contributed by atoms with E-state index in [9.17, 15) is 14.7 Å². The van der Waals surface area contributed by atoms with Crippen LogP contribution in [-0.2, 0) is 13.0 Å². The summed E-state index contributed by atoms with van der Waals surface area (Å²) in [7, 11) is 0. The summed E-state index contributed by atoms with van der Waals surface area (Å²) >= 11 is 0. The quantitative estimate of drug-likeness (QED) is 0.609. The predicted octanol–water partition coefficient (Wildman–Crippen LogP) is 0.704. The van der Waals surface area contributed by atoms with Crippen molar-refractivity contribution in [1.29, 1.82) is 0 Å². The Kier molecular flexibility index (Phi) is 4.01. The summed E-state index contributed by atoms with van der Waals surface area (Å²) in [4.78, 5) is 25.4. The normalized spacial score (nSPS) is 14.9. The number of anilines is 1. The lowest BCUT2D eigenvalue weighted by molar-refractivity contribution is -0.692. The first-order chi connectivity index (χ1) is 11.6. The average molecular weight is 348 g/mol. The summed E-state index contributed by atoms with van der Waals surface area (Å²) < 4.78 is 2.87. The van der Waals surface area contributed by atoms with Crippen molar-refractivity contribution in [2.75, 3.05) is 5.73 Å². The Morgan fingerprint density at radius 3 is 2.60 bits per heavy atom. The number of nitrogens with zero attached hydrogens (tertiary/aromatic N) is 2. The summed E-state index contributed by atoms with van der Waals surface area (Å²) in [6.45, 7) is 8.42. The second-order valence-electron chi connectivity index (χ2n) is 7.91. The van der Waals surface area contributed by atoms with Gasteiger partial charge in [0.1, 0.15) is 5.82 Å². The van der Waals surface area contributed by atoms with Crippen molar-refractivity contribution in [2.45, 2.75) is 59.5 Å². The van der Waals surface area contributed by atoms with Crippen LogP contribution in [0.15, 0.2) is 4.79 Å². The standard InChI is InChI=1S/C17H25N5O3/c1-5-10-12(18)20-22-14(10)21(8-17(2,3)4)15(24)11(16(22)25)13(23)19-9-6-7-9/h9H,5-8H2,1-4H3,(H4,18,19,20,23,24,25)/p+1. The number of aromatic hydroxyl groups is 1. The van der Waals surface area contributed by atoms with Crippen LogP contribution >= 0.6 is 0 Å². The third-order valence-electron chi connectivity index (χ3n) is 4.32. The molecule has 2 heterocycles. The molecule has 136 valence electrons. The predicted molar refractivity (Wildman–Crippen MR) is 93.6 cm³/mol. The van der Waals surface area contributed by atoms with Gasteiger partial charge < -0.3 is 16.2 Å². The number of amides is 1. The van der Waals surface area contributed by atoms with Crippen molar-refractivity contribution in [3.63, 3.8) is 0 Å². The van der Waals surface area contributed by atoms with E-state index in [4.69, 9.17) is 5.73 Å². The van der Waals surface area contributed by atoms with Gasteiger partial charge in [-0.25, -0.2) is 9.89 Å². The fourth-order valence-corrected chi connectivity index (χ4v) is 3.03. The molecule has 1 fully saturated rings. The van der Waals surface area contributed by atoms with E-state index in [1.54, 1.807) is 4.57 Å². The third-order valence-corrected chi connectivity index (χ3v) is 4.32. The smallest absolute Gasteiger partial charge is 0.378 e. The molecule has 2 aromatic rings. The van der Waals surface area contributed by atoms with E-state index in [0.29, 0.717) is 24.4 Å². The Hall–Kier alpha value is -2.51. The Balaban J connectivity index is 2.31. The number of nitrogen functional groups attached to an aromatic ring is 1. The van der Waals surface area contributed by atoms with Gasteiger partial charge in [-0.05, 0) is 24.7 Å². The Labute approximate surface area is 145 Å². The summed E-state index contributed by atoms with van der Waals surface area (Å²) in [5.41, 5.74) is 6.24. The van der Waals surface area contributed by atoms with Crippen LogP contribution in [0, 0.1) is 5.41 Å². The number of fused-ring (bicyclic) bond motifs is 1. The highest BCUT2D eigenvalue weighted by molar-refractivity contribution is 5.96. The molecule has 1 aliphatic carbocycles. The van der Waals surface area contributed by atoms with Gasteiger partial charge >= 0.3 is 17.1 Å². The fraction of sp³-hybridized carbons (Fsp3) is 0.588. The minimum Gasteiger partial charge on any atom is -0.477 e. The molecule has 0 atom stereocenters. The number of carbonyl (C=O) groups excluding carboxylic acids is 1. The molecule has 0 aliphatic heterocycles. The van der Waals surface area contributed by atoms with Crippen molar-refractivity contribution in [3.05, 3.63) is 21.5 Å². The van der Waals surface area contributed by atoms with Gasteiger partial charge in [-0.3, -0.25) is 4.79 Å². The summed E-state index contributed by atoms with van der Waals surface area (Å²) in [6.07, 6.45) is 2.39. The average Bonchev–Trinajstić information content (AvgIpc) is 3.23. The number of rotatable bonds is 4. The van der Waals surface area contributed by atoms with Crippen molar-refractivity contribution in [1.82, 2.24) is 14.9 Å². The van der Waals surface area contributed by atoms with Gasteiger partial charge in [0.2, 0.25) is 5.56 Å². The zero-order chi connectivity index (χ0) is 18.5. The van der Waals surface area contributed by atoms with Gasteiger partial charge in [-0.15, -0.1) is 0 Å². The van der Waals surface area contributed by atoms with Crippen LogP contribution in [0.3, 0.4) is 0 Å². The molecule has 2 aromatic heterocycles. The topological polar surface area (TPSA) is 116 Å². The zero-order valence-electron chi connectivity index (χ0n) is 15.1. The molecule has 1 amide bonds. The van der Waals surface area contributed by atoms with Crippen LogP contribution in [0.5, 0.6) is 5.88 Å². The first kappa shape index (κ1) is 17.3. The van der Waals surface area contributed by atoms with Crippen LogP contribution in [-0.4, -0.2) is 26.7 Å². The maximum absolute atomic E-state index is 12.8. The van der Waals surface area contributed by atoms with E-state index in [1.807, 2.05) is 27.7 Å². The Morgan fingerprint density at radius 1 is 1.44 bits per heavy atom. The minimum atomic E-state index is -0.595. The SMILES string of the molecule is CCc1c(N)[nH]n2c(=O)c(C(=O)NC3CC3)c(O)[n+](CC(C)(C)C)c12. The Morgan fingerprint density at radius 2 is 2.08 bits per heavy atom. The molecular weight excluding hydrogens is 322 g/mol. The number of aryl methyl sites for hydroxylation is 1. The molecule has 8 heteroatoms. The number of nitrogens with two attached hydrogens (primary N) is 1. The lowest BCUT2D eigenvalue weighted by Crippen LogP contribution is -2.47. The maximum atomic E-state index is 12.8. The van der Waals surface area contributed by atoms with E-state index in [1.165, 1.54) is 4.52 Å². The molecule has 0 radical (unpaired) electrons. The molecular formula is C17H26N5O3+. The monoisotopic (exact) mass is 348 g/mol. The van der Waals surface area contributed by atoms with Gasteiger partial charge in [0.25, 0.3) is 5.91 Å². The highest BCUT2D eigenvalue weighted by Gasteiger charge is 2.36.